The van der Waals surface area contributed by atoms with Crippen molar-refractivity contribution in [1.29, 1.82) is 0 Å². The van der Waals surface area contributed by atoms with Gasteiger partial charge in [-0.25, -0.2) is 9.50 Å². The van der Waals surface area contributed by atoms with Gasteiger partial charge in [0.2, 0.25) is 10.1 Å². The molecule has 2 N–H and O–H groups in total. The highest BCUT2D eigenvalue weighted by molar-refractivity contribution is 7.20. The Labute approximate surface area is 157 Å². The molecular weight excluding hydrogens is 354 g/mol. The lowest BCUT2D eigenvalue weighted by molar-refractivity contribution is 0.187. The number of anilines is 1. The van der Waals surface area contributed by atoms with Crippen LogP contribution in [0.5, 0.6) is 0 Å². The summed E-state index contributed by atoms with van der Waals surface area (Å²) in [5.41, 5.74) is 10.8. The molecule has 3 heterocycles. The van der Waals surface area contributed by atoms with Crippen LogP contribution < -0.4 is 10.6 Å². The summed E-state index contributed by atoms with van der Waals surface area (Å²) in [5.74, 6) is 0. The van der Waals surface area contributed by atoms with E-state index in [9.17, 15) is 0 Å². The van der Waals surface area contributed by atoms with Gasteiger partial charge in [-0.05, 0) is 42.7 Å². The van der Waals surface area contributed by atoms with E-state index in [1.807, 2.05) is 17.6 Å². The van der Waals surface area contributed by atoms with Gasteiger partial charge >= 0.3 is 0 Å². The molecule has 0 bridgehead atoms. The van der Waals surface area contributed by atoms with Crippen molar-refractivity contribution >= 4 is 33.8 Å². The van der Waals surface area contributed by atoms with E-state index in [0.717, 1.165) is 48.1 Å². The fourth-order valence-corrected chi connectivity index (χ4v) is 5.34. The number of nitrogens with two attached hydrogens (primary N) is 1. The van der Waals surface area contributed by atoms with Crippen LogP contribution in [0.4, 0.5) is 5.13 Å². The van der Waals surface area contributed by atoms with Crippen molar-refractivity contribution in [2.75, 3.05) is 18.0 Å². The Morgan fingerprint density at radius 2 is 2.00 bits per heavy atom. The molecule has 1 aromatic carbocycles. The average Bonchev–Trinajstić information content (AvgIpc) is 3.24. The summed E-state index contributed by atoms with van der Waals surface area (Å²) in [4.78, 5) is 7.80. The first-order valence-corrected chi connectivity index (χ1v) is 9.37. The van der Waals surface area contributed by atoms with Crippen LogP contribution >= 0.6 is 23.7 Å². The van der Waals surface area contributed by atoms with E-state index in [4.69, 9.17) is 10.8 Å². The van der Waals surface area contributed by atoms with Gasteiger partial charge in [0, 0.05) is 19.1 Å². The molecule has 7 heteroatoms. The Morgan fingerprint density at radius 3 is 2.72 bits per heavy atom. The normalized spacial score (nSPS) is 21.5. The number of halogens is 1. The highest BCUT2D eigenvalue weighted by Crippen LogP contribution is 2.51. The number of aromatic nitrogens is 3. The van der Waals surface area contributed by atoms with Gasteiger partial charge in [0.05, 0.1) is 11.9 Å². The van der Waals surface area contributed by atoms with E-state index < -0.39 is 0 Å². The fraction of sp³-hybridized carbons (Fsp3) is 0.444. The summed E-state index contributed by atoms with van der Waals surface area (Å²) in [6.07, 6.45) is 5.26. The molecule has 0 radical (unpaired) electrons. The Balaban J connectivity index is 0.00000157. The van der Waals surface area contributed by atoms with E-state index in [0.29, 0.717) is 0 Å². The molecule has 1 spiro atoms. The first-order chi connectivity index (χ1) is 11.7. The monoisotopic (exact) mass is 375 g/mol. The minimum absolute atomic E-state index is 0. The maximum atomic E-state index is 6.66. The topological polar surface area (TPSA) is 59.5 Å². The molecule has 132 valence electrons. The molecule has 1 atom stereocenters. The number of imidazole rings is 1. The van der Waals surface area contributed by atoms with Crippen molar-refractivity contribution in [3.63, 3.8) is 0 Å². The van der Waals surface area contributed by atoms with E-state index in [1.165, 1.54) is 11.1 Å². The molecule has 0 saturated carbocycles. The van der Waals surface area contributed by atoms with Crippen LogP contribution in [0.2, 0.25) is 0 Å². The van der Waals surface area contributed by atoms with Crippen LogP contribution in [-0.4, -0.2) is 27.7 Å². The van der Waals surface area contributed by atoms with Gasteiger partial charge in [-0.15, -0.1) is 17.5 Å². The number of rotatable bonds is 1. The van der Waals surface area contributed by atoms with E-state index in [-0.39, 0.29) is 23.9 Å². The molecule has 5 rings (SSSR count). The predicted molar refractivity (Wildman–Crippen MR) is 104 cm³/mol. The zero-order valence-electron chi connectivity index (χ0n) is 14.2. The largest absolute Gasteiger partial charge is 0.347 e. The Bertz CT molecular complexity index is 909. The first kappa shape index (κ1) is 16.8. The third-order valence-electron chi connectivity index (χ3n) is 5.87. The van der Waals surface area contributed by atoms with Gasteiger partial charge in [-0.3, -0.25) is 0 Å². The van der Waals surface area contributed by atoms with Crippen molar-refractivity contribution in [3.05, 3.63) is 47.3 Å². The lowest BCUT2D eigenvalue weighted by Crippen LogP contribution is -2.44. The SMILES string of the molecule is Cc1cnc2sc(N3CCC4(CC3)Cc3ccccc3[C@H]4N)nn12.Cl. The quantitative estimate of drug-likeness (QED) is 0.708. The summed E-state index contributed by atoms with van der Waals surface area (Å²) in [6.45, 7) is 4.10. The smallest absolute Gasteiger partial charge is 0.214 e. The summed E-state index contributed by atoms with van der Waals surface area (Å²) in [6, 6.07) is 8.87. The zero-order valence-corrected chi connectivity index (χ0v) is 15.8. The number of hydrogen-bond acceptors (Lipinski definition) is 5. The minimum atomic E-state index is 0. The zero-order chi connectivity index (χ0) is 16.3. The first-order valence-electron chi connectivity index (χ1n) is 8.56. The van der Waals surface area contributed by atoms with Crippen molar-refractivity contribution in [2.24, 2.45) is 11.1 Å². The molecule has 3 aromatic rings. The van der Waals surface area contributed by atoms with Crippen LogP contribution in [0.1, 0.15) is 35.7 Å². The van der Waals surface area contributed by atoms with Crippen LogP contribution in [0.25, 0.3) is 4.96 Å². The molecule has 0 unspecified atom stereocenters. The Morgan fingerprint density at radius 1 is 1.24 bits per heavy atom. The van der Waals surface area contributed by atoms with Crippen molar-refractivity contribution in [3.8, 4) is 0 Å². The Hall–Kier alpha value is -1.63. The number of aryl methyl sites for hydroxylation is 1. The van der Waals surface area contributed by atoms with Crippen molar-refractivity contribution in [2.45, 2.75) is 32.2 Å². The summed E-state index contributed by atoms with van der Waals surface area (Å²) in [5, 5.41) is 5.82. The van der Waals surface area contributed by atoms with Crippen LogP contribution in [0, 0.1) is 12.3 Å². The minimum Gasteiger partial charge on any atom is -0.347 e. The molecule has 0 amide bonds. The molecular formula is C18H22ClN5S. The number of benzene rings is 1. The number of hydrogen-bond donors (Lipinski definition) is 1. The third-order valence-corrected chi connectivity index (χ3v) is 6.85. The molecule has 1 saturated heterocycles. The molecule has 2 aliphatic rings. The van der Waals surface area contributed by atoms with Crippen molar-refractivity contribution < 1.29 is 0 Å². The second kappa shape index (κ2) is 5.97. The van der Waals surface area contributed by atoms with Gasteiger partial charge in [0.25, 0.3) is 0 Å². The number of piperidine rings is 1. The van der Waals surface area contributed by atoms with Crippen LogP contribution in [0.3, 0.4) is 0 Å². The predicted octanol–water partition coefficient (Wildman–Crippen LogP) is 3.36. The van der Waals surface area contributed by atoms with Gasteiger partial charge < -0.3 is 10.6 Å². The highest BCUT2D eigenvalue weighted by Gasteiger charge is 2.46. The lowest BCUT2D eigenvalue weighted by Gasteiger charge is -2.42. The van der Waals surface area contributed by atoms with E-state index in [2.05, 4.69) is 34.1 Å². The second-order valence-corrected chi connectivity index (χ2v) is 8.12. The highest BCUT2D eigenvalue weighted by atomic mass is 35.5. The second-order valence-electron chi connectivity index (χ2n) is 7.18. The molecule has 1 fully saturated rings. The molecule has 25 heavy (non-hydrogen) atoms. The summed E-state index contributed by atoms with van der Waals surface area (Å²) < 4.78 is 1.95. The Kier molecular flexibility index (Phi) is 4.02. The number of nitrogens with zero attached hydrogens (tertiary/aromatic N) is 4. The molecule has 1 aliphatic carbocycles. The standard InChI is InChI=1S/C18H21N5S.ClH/c1-12-11-20-16-23(12)21-17(24-16)22-8-6-18(7-9-22)10-13-4-2-3-5-14(13)15(18)19;/h2-5,11,15H,6-10,19H2,1H3;1H/t15-;/m1./s1. The van der Waals surface area contributed by atoms with Gasteiger partial charge in [-0.2, -0.15) is 0 Å². The molecule has 5 nitrogen and oxygen atoms in total. The van der Waals surface area contributed by atoms with Crippen LogP contribution in [0.15, 0.2) is 30.5 Å². The maximum absolute atomic E-state index is 6.66. The summed E-state index contributed by atoms with van der Waals surface area (Å²) >= 11 is 1.68. The molecule has 2 aromatic heterocycles. The fourth-order valence-electron chi connectivity index (χ4n) is 4.36. The molecule has 1 aliphatic heterocycles. The average molecular weight is 376 g/mol. The van der Waals surface area contributed by atoms with Crippen molar-refractivity contribution in [1.82, 2.24) is 14.6 Å². The maximum Gasteiger partial charge on any atom is 0.214 e. The summed E-state index contributed by atoms with van der Waals surface area (Å²) in [7, 11) is 0. The number of fused-ring (bicyclic) bond motifs is 2. The van der Waals surface area contributed by atoms with Gasteiger partial charge in [0.1, 0.15) is 0 Å². The lowest BCUT2D eigenvalue weighted by atomic mass is 9.73. The van der Waals surface area contributed by atoms with Crippen LogP contribution in [-0.2, 0) is 6.42 Å². The van der Waals surface area contributed by atoms with Gasteiger partial charge in [0.15, 0.2) is 0 Å². The van der Waals surface area contributed by atoms with E-state index >= 15 is 0 Å². The van der Waals surface area contributed by atoms with E-state index in [1.54, 1.807) is 11.3 Å². The van der Waals surface area contributed by atoms with Gasteiger partial charge in [-0.1, -0.05) is 35.6 Å². The third kappa shape index (κ3) is 2.46.